The van der Waals surface area contributed by atoms with Crippen molar-refractivity contribution in [3.63, 3.8) is 0 Å². The van der Waals surface area contributed by atoms with Gasteiger partial charge in [-0.2, -0.15) is 0 Å². The zero-order valence-corrected chi connectivity index (χ0v) is 7.14. The molecule has 0 spiro atoms. The molecule has 60 valence electrons. The standard InChI is InChI=1S/C7H16N2O/c1-7(2,6(8)10)5-9(3)4/h5H2,1-4H3,(H2,8,10). The summed E-state index contributed by atoms with van der Waals surface area (Å²) in [6, 6.07) is 0. The predicted molar refractivity (Wildman–Crippen MR) is 41.5 cm³/mol. The molecule has 0 aliphatic carbocycles. The quantitative estimate of drug-likeness (QED) is 0.608. The highest BCUT2D eigenvalue weighted by Crippen LogP contribution is 2.13. The lowest BCUT2D eigenvalue weighted by atomic mass is 9.92. The van der Waals surface area contributed by atoms with Crippen molar-refractivity contribution in [2.75, 3.05) is 20.6 Å². The summed E-state index contributed by atoms with van der Waals surface area (Å²) in [5.41, 5.74) is 4.74. The van der Waals surface area contributed by atoms with Crippen molar-refractivity contribution in [3.8, 4) is 0 Å². The van der Waals surface area contributed by atoms with Gasteiger partial charge in [0, 0.05) is 6.54 Å². The summed E-state index contributed by atoms with van der Waals surface area (Å²) in [5, 5.41) is 0. The van der Waals surface area contributed by atoms with Crippen LogP contribution in [0.15, 0.2) is 0 Å². The summed E-state index contributed by atoms with van der Waals surface area (Å²) in [7, 11) is 3.84. The van der Waals surface area contributed by atoms with Crippen molar-refractivity contribution < 1.29 is 4.79 Å². The first-order valence-corrected chi connectivity index (χ1v) is 3.31. The Balaban J connectivity index is 4.00. The van der Waals surface area contributed by atoms with E-state index in [0.717, 1.165) is 0 Å². The molecule has 0 atom stereocenters. The van der Waals surface area contributed by atoms with Crippen molar-refractivity contribution in [3.05, 3.63) is 0 Å². The van der Waals surface area contributed by atoms with Crippen LogP contribution in [-0.4, -0.2) is 31.4 Å². The zero-order chi connectivity index (χ0) is 8.36. The Labute approximate surface area is 62.2 Å². The van der Waals surface area contributed by atoms with Gasteiger partial charge in [0.15, 0.2) is 0 Å². The SMILES string of the molecule is CN(C)CC(C)(C)C(N)=O. The summed E-state index contributed by atoms with van der Waals surface area (Å²) in [6.45, 7) is 4.38. The van der Waals surface area contributed by atoms with E-state index in [1.165, 1.54) is 0 Å². The number of carbonyl (C=O) groups is 1. The minimum absolute atomic E-state index is 0.249. The molecule has 0 aliphatic rings. The minimum Gasteiger partial charge on any atom is -0.369 e. The molecule has 0 aromatic heterocycles. The van der Waals surface area contributed by atoms with Crippen LogP contribution in [0.5, 0.6) is 0 Å². The highest BCUT2D eigenvalue weighted by atomic mass is 16.1. The van der Waals surface area contributed by atoms with Gasteiger partial charge in [-0.1, -0.05) is 0 Å². The molecule has 0 saturated heterocycles. The molecule has 0 bridgehead atoms. The Kier molecular flexibility index (Phi) is 2.84. The summed E-state index contributed by atoms with van der Waals surface area (Å²) in [4.78, 5) is 12.7. The van der Waals surface area contributed by atoms with Crippen molar-refractivity contribution in [2.24, 2.45) is 11.1 Å². The summed E-state index contributed by atoms with van der Waals surface area (Å²) < 4.78 is 0. The normalized spacial score (nSPS) is 12.1. The maximum absolute atomic E-state index is 10.8. The average Bonchev–Trinajstić information content (AvgIpc) is 1.60. The van der Waals surface area contributed by atoms with Gasteiger partial charge in [-0.3, -0.25) is 4.79 Å². The Hall–Kier alpha value is -0.570. The molecule has 0 rings (SSSR count). The topological polar surface area (TPSA) is 46.3 Å². The molecule has 1 amide bonds. The molecule has 0 radical (unpaired) electrons. The molecule has 3 heteroatoms. The average molecular weight is 144 g/mol. The fourth-order valence-corrected chi connectivity index (χ4v) is 0.868. The van der Waals surface area contributed by atoms with Crippen LogP contribution >= 0.6 is 0 Å². The predicted octanol–water partition coefficient (Wildman–Crippen LogP) is 0.0595. The van der Waals surface area contributed by atoms with E-state index in [1.807, 2.05) is 32.8 Å². The molecular weight excluding hydrogens is 128 g/mol. The first-order chi connectivity index (χ1) is 4.36. The summed E-state index contributed by atoms with van der Waals surface area (Å²) in [5.74, 6) is -0.249. The van der Waals surface area contributed by atoms with Gasteiger partial charge >= 0.3 is 0 Å². The van der Waals surface area contributed by atoms with Crippen molar-refractivity contribution >= 4 is 5.91 Å². The summed E-state index contributed by atoms with van der Waals surface area (Å²) in [6.07, 6.45) is 0. The monoisotopic (exact) mass is 144 g/mol. The van der Waals surface area contributed by atoms with Gasteiger partial charge in [-0.15, -0.1) is 0 Å². The fraction of sp³-hybridized carbons (Fsp3) is 0.857. The van der Waals surface area contributed by atoms with E-state index in [0.29, 0.717) is 6.54 Å². The molecular formula is C7H16N2O. The van der Waals surface area contributed by atoms with E-state index >= 15 is 0 Å². The minimum atomic E-state index is -0.413. The number of nitrogens with zero attached hydrogens (tertiary/aromatic N) is 1. The molecule has 0 heterocycles. The highest BCUT2D eigenvalue weighted by Gasteiger charge is 2.24. The highest BCUT2D eigenvalue weighted by molar-refractivity contribution is 5.80. The van der Waals surface area contributed by atoms with Gasteiger partial charge in [-0.25, -0.2) is 0 Å². The molecule has 0 fully saturated rings. The van der Waals surface area contributed by atoms with E-state index < -0.39 is 5.41 Å². The van der Waals surface area contributed by atoms with Crippen LogP contribution in [0.3, 0.4) is 0 Å². The summed E-state index contributed by atoms with van der Waals surface area (Å²) >= 11 is 0. The molecule has 3 nitrogen and oxygen atoms in total. The van der Waals surface area contributed by atoms with Gasteiger partial charge in [0.25, 0.3) is 0 Å². The Morgan fingerprint density at radius 1 is 1.50 bits per heavy atom. The van der Waals surface area contributed by atoms with Crippen molar-refractivity contribution in [2.45, 2.75) is 13.8 Å². The molecule has 0 aliphatic heterocycles. The lowest BCUT2D eigenvalue weighted by Gasteiger charge is -2.24. The van der Waals surface area contributed by atoms with Gasteiger partial charge < -0.3 is 10.6 Å². The Morgan fingerprint density at radius 3 is 2.00 bits per heavy atom. The number of hydrogen-bond donors (Lipinski definition) is 1. The van der Waals surface area contributed by atoms with Gasteiger partial charge in [-0.05, 0) is 27.9 Å². The zero-order valence-electron chi connectivity index (χ0n) is 7.14. The van der Waals surface area contributed by atoms with Crippen LogP contribution in [0, 0.1) is 5.41 Å². The maximum Gasteiger partial charge on any atom is 0.224 e. The third-order valence-electron chi connectivity index (χ3n) is 1.38. The third kappa shape index (κ3) is 2.82. The lowest BCUT2D eigenvalue weighted by Crippen LogP contribution is -2.39. The van der Waals surface area contributed by atoms with Gasteiger partial charge in [0.2, 0.25) is 5.91 Å². The van der Waals surface area contributed by atoms with Crippen LogP contribution in [0.25, 0.3) is 0 Å². The molecule has 10 heavy (non-hydrogen) atoms. The number of primary amides is 1. The largest absolute Gasteiger partial charge is 0.369 e. The molecule has 0 unspecified atom stereocenters. The van der Waals surface area contributed by atoms with E-state index in [4.69, 9.17) is 5.73 Å². The smallest absolute Gasteiger partial charge is 0.224 e. The second-order valence-corrected chi connectivity index (χ2v) is 3.49. The van der Waals surface area contributed by atoms with Gasteiger partial charge in [0.1, 0.15) is 0 Å². The van der Waals surface area contributed by atoms with Crippen molar-refractivity contribution in [1.29, 1.82) is 0 Å². The van der Waals surface area contributed by atoms with E-state index in [1.54, 1.807) is 0 Å². The Morgan fingerprint density at radius 2 is 1.90 bits per heavy atom. The first kappa shape index (κ1) is 9.43. The number of amides is 1. The number of carbonyl (C=O) groups excluding carboxylic acids is 1. The fourth-order valence-electron chi connectivity index (χ4n) is 0.868. The Bertz CT molecular complexity index is 130. The van der Waals surface area contributed by atoms with Crippen LogP contribution in [0.1, 0.15) is 13.8 Å². The van der Waals surface area contributed by atoms with Gasteiger partial charge in [0.05, 0.1) is 5.41 Å². The van der Waals surface area contributed by atoms with Crippen LogP contribution < -0.4 is 5.73 Å². The van der Waals surface area contributed by atoms with Crippen LogP contribution in [-0.2, 0) is 4.79 Å². The lowest BCUT2D eigenvalue weighted by molar-refractivity contribution is -0.126. The van der Waals surface area contributed by atoms with Crippen molar-refractivity contribution in [1.82, 2.24) is 4.90 Å². The van der Waals surface area contributed by atoms with E-state index in [9.17, 15) is 4.79 Å². The number of nitrogens with two attached hydrogens (primary N) is 1. The van der Waals surface area contributed by atoms with Crippen LogP contribution in [0.4, 0.5) is 0 Å². The molecule has 0 aromatic rings. The second-order valence-electron chi connectivity index (χ2n) is 3.49. The van der Waals surface area contributed by atoms with E-state index in [2.05, 4.69) is 0 Å². The first-order valence-electron chi connectivity index (χ1n) is 3.31. The third-order valence-corrected chi connectivity index (χ3v) is 1.38. The van der Waals surface area contributed by atoms with Crippen LogP contribution in [0.2, 0.25) is 0 Å². The number of hydrogen-bond acceptors (Lipinski definition) is 2. The van der Waals surface area contributed by atoms with E-state index in [-0.39, 0.29) is 5.91 Å². The maximum atomic E-state index is 10.8. The molecule has 0 aromatic carbocycles. The molecule has 0 saturated carbocycles. The molecule has 2 N–H and O–H groups in total. The second kappa shape index (κ2) is 3.01. The number of rotatable bonds is 3.